The maximum atomic E-state index is 13.3. The van der Waals surface area contributed by atoms with Gasteiger partial charge in [-0.15, -0.1) is 0 Å². The summed E-state index contributed by atoms with van der Waals surface area (Å²) >= 11 is 5.72. The molecule has 0 saturated heterocycles. The van der Waals surface area contributed by atoms with Gasteiger partial charge in [-0.05, 0) is 11.6 Å². The van der Waals surface area contributed by atoms with Crippen LogP contribution in [0.25, 0.3) is 11.1 Å². The van der Waals surface area contributed by atoms with Gasteiger partial charge < -0.3 is 10.2 Å². The summed E-state index contributed by atoms with van der Waals surface area (Å²) < 4.78 is 18.8. The molecule has 0 aliphatic carbocycles. The van der Waals surface area contributed by atoms with Gasteiger partial charge >= 0.3 is 0 Å². The van der Waals surface area contributed by atoms with Gasteiger partial charge in [0.15, 0.2) is 11.5 Å². The van der Waals surface area contributed by atoms with Crippen molar-refractivity contribution in [1.29, 1.82) is 0 Å². The number of hydrogen-bond donors (Lipinski definition) is 1. The Labute approximate surface area is 120 Å². The maximum Gasteiger partial charge on any atom is 0.197 e. The molecule has 3 nitrogen and oxygen atoms in total. The number of fused-ring (bicyclic) bond motifs is 1. The van der Waals surface area contributed by atoms with Gasteiger partial charge in [0.05, 0.1) is 5.02 Å². The molecule has 0 radical (unpaired) electrons. The summed E-state index contributed by atoms with van der Waals surface area (Å²) in [5.41, 5.74) is 8.02. The molecule has 0 saturated carbocycles. The molecule has 3 rings (SSSR count). The summed E-state index contributed by atoms with van der Waals surface area (Å²) in [5, 5.41) is 0.0321. The number of oxazole rings is 1. The molecule has 5 heteroatoms. The highest BCUT2D eigenvalue weighted by atomic mass is 35.5. The third kappa shape index (κ3) is 2.53. The molecule has 2 aromatic carbocycles. The molecule has 0 aliphatic heterocycles. The van der Waals surface area contributed by atoms with E-state index < -0.39 is 5.82 Å². The Balaban J connectivity index is 1.88. The third-order valence-electron chi connectivity index (χ3n) is 3.10. The van der Waals surface area contributed by atoms with Crippen molar-refractivity contribution < 1.29 is 8.81 Å². The van der Waals surface area contributed by atoms with Crippen LogP contribution in [0.4, 0.5) is 4.39 Å². The van der Waals surface area contributed by atoms with Crippen molar-refractivity contribution in [3.05, 3.63) is 64.8 Å². The molecular weight excluding hydrogens is 279 g/mol. The lowest BCUT2D eigenvalue weighted by atomic mass is 10.1. The van der Waals surface area contributed by atoms with E-state index >= 15 is 0 Å². The van der Waals surface area contributed by atoms with Crippen LogP contribution in [0.3, 0.4) is 0 Å². The zero-order valence-corrected chi connectivity index (χ0v) is 11.3. The van der Waals surface area contributed by atoms with Crippen molar-refractivity contribution in [2.45, 2.75) is 12.5 Å². The number of nitrogens with zero attached hydrogens (tertiary/aromatic N) is 1. The summed E-state index contributed by atoms with van der Waals surface area (Å²) in [6.07, 6.45) is 0.442. The van der Waals surface area contributed by atoms with E-state index in [0.717, 1.165) is 5.56 Å². The topological polar surface area (TPSA) is 52.0 Å². The second-order valence-corrected chi connectivity index (χ2v) is 4.97. The van der Waals surface area contributed by atoms with Gasteiger partial charge in [-0.2, -0.15) is 0 Å². The van der Waals surface area contributed by atoms with Gasteiger partial charge in [0.1, 0.15) is 11.3 Å². The Morgan fingerprint density at radius 2 is 2.00 bits per heavy atom. The minimum atomic E-state index is -0.519. The van der Waals surface area contributed by atoms with Crippen LogP contribution < -0.4 is 5.73 Å². The Morgan fingerprint density at radius 3 is 2.75 bits per heavy atom. The molecule has 1 atom stereocenters. The molecule has 1 aromatic heterocycles. The summed E-state index contributed by atoms with van der Waals surface area (Å²) in [5.74, 6) is -0.0488. The Hall–Kier alpha value is -1.91. The first-order valence-electron chi connectivity index (χ1n) is 6.18. The number of benzene rings is 2. The number of halogens is 2. The molecule has 0 spiro atoms. The van der Waals surface area contributed by atoms with Crippen LogP contribution in [-0.2, 0) is 6.42 Å². The first kappa shape index (κ1) is 13.1. The zero-order chi connectivity index (χ0) is 14.1. The first-order valence-corrected chi connectivity index (χ1v) is 6.56. The summed E-state index contributed by atoms with van der Waals surface area (Å²) in [4.78, 5) is 4.28. The van der Waals surface area contributed by atoms with Crippen molar-refractivity contribution in [1.82, 2.24) is 4.98 Å². The summed E-state index contributed by atoms with van der Waals surface area (Å²) in [6.45, 7) is 0. The third-order valence-corrected chi connectivity index (χ3v) is 3.39. The van der Waals surface area contributed by atoms with Crippen LogP contribution in [0, 0.1) is 5.82 Å². The van der Waals surface area contributed by atoms with Gasteiger partial charge in [0, 0.05) is 18.5 Å². The van der Waals surface area contributed by atoms with Crippen molar-refractivity contribution in [3.63, 3.8) is 0 Å². The lowest BCUT2D eigenvalue weighted by Gasteiger charge is -2.08. The fourth-order valence-electron chi connectivity index (χ4n) is 2.06. The zero-order valence-electron chi connectivity index (χ0n) is 10.5. The second kappa shape index (κ2) is 5.23. The van der Waals surface area contributed by atoms with E-state index in [2.05, 4.69) is 4.98 Å². The SMILES string of the molecule is NC(Cc1nc2cc(Cl)c(F)cc2o1)c1ccccc1. The van der Waals surface area contributed by atoms with Crippen LogP contribution in [0.15, 0.2) is 46.9 Å². The van der Waals surface area contributed by atoms with E-state index in [0.29, 0.717) is 23.4 Å². The molecule has 102 valence electrons. The number of hydrogen-bond acceptors (Lipinski definition) is 3. The van der Waals surface area contributed by atoms with Gasteiger partial charge in [0.25, 0.3) is 0 Å². The molecule has 0 amide bonds. The van der Waals surface area contributed by atoms with E-state index in [4.69, 9.17) is 21.8 Å². The van der Waals surface area contributed by atoms with Gasteiger partial charge in [-0.25, -0.2) is 9.37 Å². The molecule has 1 heterocycles. The Bertz CT molecular complexity index is 703. The van der Waals surface area contributed by atoms with Gasteiger partial charge in [-0.1, -0.05) is 41.9 Å². The van der Waals surface area contributed by atoms with Gasteiger partial charge in [-0.3, -0.25) is 0 Å². The smallest absolute Gasteiger partial charge is 0.197 e. The quantitative estimate of drug-likeness (QED) is 0.797. The van der Waals surface area contributed by atoms with Gasteiger partial charge in [0.2, 0.25) is 0 Å². The summed E-state index contributed by atoms with van der Waals surface area (Å²) in [6, 6.07) is 12.2. The molecule has 1 unspecified atom stereocenters. The van der Waals surface area contributed by atoms with Crippen LogP contribution in [0.5, 0.6) is 0 Å². The van der Waals surface area contributed by atoms with E-state index in [1.165, 1.54) is 12.1 Å². The van der Waals surface area contributed by atoms with E-state index in [1.807, 2.05) is 30.3 Å². The van der Waals surface area contributed by atoms with Crippen LogP contribution >= 0.6 is 11.6 Å². The lowest BCUT2D eigenvalue weighted by Crippen LogP contribution is -2.13. The molecule has 0 fully saturated rings. The minimum absolute atomic E-state index is 0.0321. The Kier molecular flexibility index (Phi) is 3.42. The largest absolute Gasteiger partial charge is 0.441 e. The van der Waals surface area contributed by atoms with Crippen LogP contribution in [0.1, 0.15) is 17.5 Å². The van der Waals surface area contributed by atoms with E-state index in [1.54, 1.807) is 0 Å². The predicted molar refractivity (Wildman–Crippen MR) is 76.1 cm³/mol. The number of nitrogens with two attached hydrogens (primary N) is 1. The predicted octanol–water partition coefficient (Wildman–Crippen LogP) is 3.86. The highest BCUT2D eigenvalue weighted by Crippen LogP contribution is 2.25. The molecule has 3 aromatic rings. The van der Waals surface area contributed by atoms with Crippen molar-refractivity contribution in [2.75, 3.05) is 0 Å². The fraction of sp³-hybridized carbons (Fsp3) is 0.133. The van der Waals surface area contributed by atoms with Crippen molar-refractivity contribution >= 4 is 22.7 Å². The highest BCUT2D eigenvalue weighted by molar-refractivity contribution is 6.31. The molecule has 0 bridgehead atoms. The summed E-state index contributed by atoms with van der Waals surface area (Å²) in [7, 11) is 0. The standard InChI is InChI=1S/C15H12ClFN2O/c16-10-6-13-14(7-11(10)17)20-15(19-13)8-12(18)9-4-2-1-3-5-9/h1-7,12H,8,18H2. The van der Waals surface area contributed by atoms with Crippen molar-refractivity contribution in [3.8, 4) is 0 Å². The highest BCUT2D eigenvalue weighted by Gasteiger charge is 2.14. The monoisotopic (exact) mass is 290 g/mol. The molecule has 20 heavy (non-hydrogen) atoms. The first-order chi connectivity index (χ1) is 9.63. The van der Waals surface area contributed by atoms with Crippen LogP contribution in [0.2, 0.25) is 5.02 Å². The number of aromatic nitrogens is 1. The molecule has 2 N–H and O–H groups in total. The minimum Gasteiger partial charge on any atom is -0.441 e. The molecule has 0 aliphatic rings. The normalized spacial score (nSPS) is 12.8. The maximum absolute atomic E-state index is 13.3. The number of rotatable bonds is 3. The van der Waals surface area contributed by atoms with E-state index in [-0.39, 0.29) is 11.1 Å². The average Bonchev–Trinajstić information content (AvgIpc) is 2.81. The molecular formula is C15H12ClFN2O. The fourth-order valence-corrected chi connectivity index (χ4v) is 2.22. The van der Waals surface area contributed by atoms with E-state index in [9.17, 15) is 4.39 Å². The average molecular weight is 291 g/mol. The van der Waals surface area contributed by atoms with Crippen LogP contribution in [-0.4, -0.2) is 4.98 Å². The lowest BCUT2D eigenvalue weighted by molar-refractivity contribution is 0.500. The Morgan fingerprint density at radius 1 is 1.25 bits per heavy atom. The van der Waals surface area contributed by atoms with Crippen molar-refractivity contribution in [2.24, 2.45) is 5.73 Å². The second-order valence-electron chi connectivity index (χ2n) is 4.56.